The van der Waals surface area contributed by atoms with Gasteiger partial charge in [-0.15, -0.1) is 0 Å². The standard InChI is InChI=1S/C41H45BrN4O8S/c1-49-36-19-29(20-37(50-2)40(36)53-5)31-17-28(23-43-24-31)26-46(55(47,48)34-9-7-32(42)8-10-34)33-12-15-45(16-13-33)25-27-11-14-44-35(18-27)30-21-38(51-3)41(54-6)39(22-30)52-4/h7-11,14,17-24,33H,12-13,15-16,25-26H2,1-6H3. The molecule has 0 aliphatic carbocycles. The lowest BCUT2D eigenvalue weighted by Gasteiger charge is -2.38. The quantitative estimate of drug-likeness (QED) is 0.104. The monoisotopic (exact) mass is 832 g/mol. The highest BCUT2D eigenvalue weighted by Gasteiger charge is 2.34. The van der Waals surface area contributed by atoms with Crippen LogP contribution in [-0.2, 0) is 23.1 Å². The topological polar surface area (TPSA) is 122 Å². The minimum atomic E-state index is -3.88. The predicted molar refractivity (Wildman–Crippen MR) is 214 cm³/mol. The summed E-state index contributed by atoms with van der Waals surface area (Å²) in [5, 5.41) is 0. The Morgan fingerprint density at radius 2 is 1.25 bits per heavy atom. The van der Waals surface area contributed by atoms with Crippen LogP contribution < -0.4 is 28.4 Å². The molecule has 12 nitrogen and oxygen atoms in total. The summed E-state index contributed by atoms with van der Waals surface area (Å²) >= 11 is 3.44. The molecule has 0 saturated carbocycles. The fourth-order valence-corrected chi connectivity index (χ4v) is 8.83. The Labute approximate surface area is 331 Å². The number of rotatable bonds is 15. The first-order valence-corrected chi connectivity index (χ1v) is 19.8. The van der Waals surface area contributed by atoms with Crippen molar-refractivity contribution in [2.75, 3.05) is 55.7 Å². The lowest BCUT2D eigenvalue weighted by atomic mass is 10.0. The highest BCUT2D eigenvalue weighted by molar-refractivity contribution is 9.10. The highest BCUT2D eigenvalue weighted by atomic mass is 79.9. The van der Waals surface area contributed by atoms with Gasteiger partial charge in [-0.25, -0.2) is 8.42 Å². The number of hydrogen-bond acceptors (Lipinski definition) is 11. The summed E-state index contributed by atoms with van der Waals surface area (Å²) in [6.07, 6.45) is 6.56. The first-order valence-electron chi connectivity index (χ1n) is 17.6. The van der Waals surface area contributed by atoms with Crippen LogP contribution in [0.2, 0.25) is 0 Å². The van der Waals surface area contributed by atoms with E-state index in [1.165, 1.54) is 0 Å². The van der Waals surface area contributed by atoms with Gasteiger partial charge in [-0.05, 0) is 96.3 Å². The molecule has 6 rings (SSSR count). The molecule has 290 valence electrons. The molecule has 3 heterocycles. The number of hydrogen-bond donors (Lipinski definition) is 0. The maximum absolute atomic E-state index is 14.4. The lowest BCUT2D eigenvalue weighted by Crippen LogP contribution is -2.46. The molecule has 0 atom stereocenters. The molecule has 0 radical (unpaired) electrons. The zero-order valence-corrected chi connectivity index (χ0v) is 34.1. The molecule has 0 bridgehead atoms. The SMILES string of the molecule is COc1cc(-c2cncc(CN(C3CCN(Cc4ccnc(-c5cc(OC)c(OC)c(OC)c5)c4)CC3)S(=O)(=O)c3ccc(Br)cc3)c2)cc(OC)c1OC. The van der Waals surface area contributed by atoms with Crippen molar-refractivity contribution in [3.05, 3.63) is 101 Å². The van der Waals surface area contributed by atoms with Crippen molar-refractivity contribution < 1.29 is 36.8 Å². The van der Waals surface area contributed by atoms with Crippen LogP contribution >= 0.6 is 15.9 Å². The van der Waals surface area contributed by atoms with E-state index in [1.54, 1.807) is 89.8 Å². The van der Waals surface area contributed by atoms with Crippen molar-refractivity contribution in [1.82, 2.24) is 19.2 Å². The maximum atomic E-state index is 14.4. The zero-order chi connectivity index (χ0) is 39.1. The summed E-state index contributed by atoms with van der Waals surface area (Å²) < 4.78 is 64.5. The molecule has 1 aliphatic rings. The summed E-state index contributed by atoms with van der Waals surface area (Å²) in [6, 6.07) is 20.0. The number of methoxy groups -OCH3 is 6. The number of ether oxygens (including phenoxy) is 6. The molecule has 0 amide bonds. The zero-order valence-electron chi connectivity index (χ0n) is 31.7. The number of piperidine rings is 1. The fraction of sp³-hybridized carbons (Fsp3) is 0.317. The molecule has 1 fully saturated rings. The molecular weight excluding hydrogens is 788 g/mol. The molecular formula is C41H45BrN4O8S. The van der Waals surface area contributed by atoms with Gasteiger partial charge >= 0.3 is 0 Å². The minimum absolute atomic E-state index is 0.150. The van der Waals surface area contributed by atoms with Gasteiger partial charge in [0, 0.05) is 66.4 Å². The Hall–Kier alpha value is -4.89. The summed E-state index contributed by atoms with van der Waals surface area (Å²) in [4.78, 5) is 11.7. The second-order valence-electron chi connectivity index (χ2n) is 13.0. The van der Waals surface area contributed by atoms with Crippen molar-refractivity contribution in [3.63, 3.8) is 0 Å². The van der Waals surface area contributed by atoms with Crippen LogP contribution in [0.1, 0.15) is 24.0 Å². The van der Waals surface area contributed by atoms with E-state index in [1.807, 2.05) is 36.4 Å². The van der Waals surface area contributed by atoms with Crippen LogP contribution in [0.4, 0.5) is 0 Å². The number of likely N-dealkylation sites (tertiary alicyclic amines) is 1. The van der Waals surface area contributed by atoms with Crippen molar-refractivity contribution in [2.45, 2.75) is 36.9 Å². The summed E-state index contributed by atoms with van der Waals surface area (Å²) in [5.41, 5.74) is 5.05. The number of pyridine rings is 2. The van der Waals surface area contributed by atoms with Gasteiger partial charge < -0.3 is 28.4 Å². The Morgan fingerprint density at radius 1 is 0.691 bits per heavy atom. The Bertz CT molecular complexity index is 2160. The number of aromatic nitrogens is 2. The first-order chi connectivity index (χ1) is 26.6. The molecule has 1 aliphatic heterocycles. The maximum Gasteiger partial charge on any atom is 0.243 e. The van der Waals surface area contributed by atoms with Crippen molar-refractivity contribution in [2.24, 2.45) is 0 Å². The second kappa shape index (κ2) is 17.7. The van der Waals surface area contributed by atoms with Gasteiger partial charge in [0.05, 0.1) is 53.2 Å². The Balaban J connectivity index is 1.23. The third-order valence-electron chi connectivity index (χ3n) is 9.71. The first kappa shape index (κ1) is 39.8. The van der Waals surface area contributed by atoms with Crippen LogP contribution in [0, 0.1) is 0 Å². The molecule has 2 aromatic heterocycles. The number of benzene rings is 3. The van der Waals surface area contributed by atoms with E-state index in [4.69, 9.17) is 28.4 Å². The lowest BCUT2D eigenvalue weighted by molar-refractivity contribution is 0.150. The average molecular weight is 834 g/mol. The van der Waals surface area contributed by atoms with Gasteiger partial charge in [0.15, 0.2) is 23.0 Å². The summed E-state index contributed by atoms with van der Waals surface area (Å²) in [6.45, 7) is 2.26. The van der Waals surface area contributed by atoms with Gasteiger partial charge in [0.2, 0.25) is 21.5 Å². The van der Waals surface area contributed by atoms with Gasteiger partial charge in [-0.1, -0.05) is 15.9 Å². The van der Waals surface area contributed by atoms with Crippen LogP contribution in [0.25, 0.3) is 22.4 Å². The largest absolute Gasteiger partial charge is 0.493 e. The van der Waals surface area contributed by atoms with Crippen LogP contribution in [-0.4, -0.2) is 89.4 Å². The third kappa shape index (κ3) is 8.83. The van der Waals surface area contributed by atoms with E-state index in [2.05, 4.69) is 36.9 Å². The van der Waals surface area contributed by atoms with E-state index in [-0.39, 0.29) is 17.5 Å². The molecule has 55 heavy (non-hydrogen) atoms. The molecule has 0 N–H and O–H groups in total. The molecule has 3 aromatic carbocycles. The van der Waals surface area contributed by atoms with Gasteiger partial charge in [-0.2, -0.15) is 4.31 Å². The molecule has 5 aromatic rings. The van der Waals surface area contributed by atoms with E-state index >= 15 is 0 Å². The summed E-state index contributed by atoms with van der Waals surface area (Å²) in [5.74, 6) is 3.13. The number of sulfonamides is 1. The highest BCUT2D eigenvalue weighted by Crippen LogP contribution is 2.42. The number of halogens is 1. The van der Waals surface area contributed by atoms with Gasteiger partial charge in [0.1, 0.15) is 0 Å². The van der Waals surface area contributed by atoms with E-state index < -0.39 is 10.0 Å². The number of nitrogens with zero attached hydrogens (tertiary/aromatic N) is 4. The minimum Gasteiger partial charge on any atom is -0.493 e. The summed E-state index contributed by atoms with van der Waals surface area (Å²) in [7, 11) is 5.56. The normalized spacial score (nSPS) is 13.7. The second-order valence-corrected chi connectivity index (χ2v) is 15.8. The van der Waals surface area contributed by atoms with E-state index in [0.29, 0.717) is 67.0 Å². The van der Waals surface area contributed by atoms with E-state index in [0.717, 1.165) is 38.0 Å². The molecule has 1 saturated heterocycles. The molecule has 0 spiro atoms. The third-order valence-corrected chi connectivity index (χ3v) is 12.1. The Morgan fingerprint density at radius 3 is 1.80 bits per heavy atom. The van der Waals surface area contributed by atoms with Crippen molar-refractivity contribution in [1.29, 1.82) is 0 Å². The predicted octanol–water partition coefficient (Wildman–Crippen LogP) is 7.48. The van der Waals surface area contributed by atoms with Crippen molar-refractivity contribution in [3.8, 4) is 56.9 Å². The van der Waals surface area contributed by atoms with Crippen LogP contribution in [0.5, 0.6) is 34.5 Å². The average Bonchev–Trinajstić information content (AvgIpc) is 3.22. The van der Waals surface area contributed by atoms with Crippen LogP contribution in [0.15, 0.2) is 94.7 Å². The smallest absolute Gasteiger partial charge is 0.243 e. The van der Waals surface area contributed by atoms with Crippen LogP contribution in [0.3, 0.4) is 0 Å². The van der Waals surface area contributed by atoms with Crippen molar-refractivity contribution >= 4 is 26.0 Å². The fourth-order valence-electron chi connectivity index (χ4n) is 6.90. The van der Waals surface area contributed by atoms with Gasteiger partial charge in [-0.3, -0.25) is 14.9 Å². The van der Waals surface area contributed by atoms with E-state index in [9.17, 15) is 8.42 Å². The van der Waals surface area contributed by atoms with Gasteiger partial charge in [0.25, 0.3) is 0 Å². The molecule has 0 unspecified atom stereocenters. The molecule has 14 heteroatoms. The Kier molecular flexibility index (Phi) is 12.8.